The van der Waals surface area contributed by atoms with E-state index < -0.39 is 0 Å². The second kappa shape index (κ2) is 8.95. The van der Waals surface area contributed by atoms with Gasteiger partial charge in [-0.1, -0.05) is 18.6 Å². The number of hydrogen-bond acceptors (Lipinski definition) is 5. The van der Waals surface area contributed by atoms with Crippen LogP contribution in [0.3, 0.4) is 0 Å². The standard InChI is InChI=1S/C25H32N4O2/c1-31-23-8-3-2-7-21(23)22-9-12-26-24(27-22)18-10-14-28(15-11-18)25(30)19-16-20-6-4-5-13-29(20)17-19/h2-3,7-9,12,18-20H,4-6,10-11,13-17H2,1H3. The molecule has 6 heteroatoms. The van der Waals surface area contributed by atoms with Crippen molar-refractivity contribution in [3.05, 3.63) is 42.4 Å². The molecule has 164 valence electrons. The fraction of sp³-hybridized carbons (Fsp3) is 0.560. The van der Waals surface area contributed by atoms with Crippen molar-refractivity contribution in [1.29, 1.82) is 0 Å². The van der Waals surface area contributed by atoms with Crippen LogP contribution in [-0.2, 0) is 4.79 Å². The van der Waals surface area contributed by atoms with Crippen LogP contribution in [-0.4, -0.2) is 65.0 Å². The van der Waals surface area contributed by atoms with Crippen LogP contribution in [0, 0.1) is 5.92 Å². The zero-order valence-corrected chi connectivity index (χ0v) is 18.4. The van der Waals surface area contributed by atoms with Gasteiger partial charge in [-0.3, -0.25) is 9.69 Å². The topological polar surface area (TPSA) is 58.6 Å². The van der Waals surface area contributed by atoms with Gasteiger partial charge >= 0.3 is 0 Å². The van der Waals surface area contributed by atoms with E-state index in [-0.39, 0.29) is 5.92 Å². The molecule has 4 heterocycles. The van der Waals surface area contributed by atoms with Crippen molar-refractivity contribution < 1.29 is 9.53 Å². The molecule has 0 spiro atoms. The van der Waals surface area contributed by atoms with Crippen molar-refractivity contribution in [3.63, 3.8) is 0 Å². The number of methoxy groups -OCH3 is 1. The number of amides is 1. The minimum atomic E-state index is 0.199. The molecule has 5 rings (SSSR count). The molecule has 1 aromatic heterocycles. The highest BCUT2D eigenvalue weighted by atomic mass is 16.5. The van der Waals surface area contributed by atoms with Gasteiger partial charge in [0.15, 0.2) is 0 Å². The smallest absolute Gasteiger partial charge is 0.227 e. The second-order valence-corrected chi connectivity index (χ2v) is 9.18. The first kappa shape index (κ1) is 20.4. The van der Waals surface area contributed by atoms with E-state index in [1.807, 2.05) is 36.5 Å². The maximum absolute atomic E-state index is 13.2. The lowest BCUT2D eigenvalue weighted by Crippen LogP contribution is -2.42. The Morgan fingerprint density at radius 3 is 2.71 bits per heavy atom. The van der Waals surface area contributed by atoms with Gasteiger partial charge in [-0.15, -0.1) is 0 Å². The van der Waals surface area contributed by atoms with Crippen molar-refractivity contribution in [1.82, 2.24) is 19.8 Å². The quantitative estimate of drug-likeness (QED) is 0.754. The Labute approximate surface area is 184 Å². The van der Waals surface area contributed by atoms with E-state index in [1.54, 1.807) is 7.11 Å². The predicted molar refractivity (Wildman–Crippen MR) is 120 cm³/mol. The van der Waals surface area contributed by atoms with Crippen molar-refractivity contribution in [3.8, 4) is 17.0 Å². The third-order valence-corrected chi connectivity index (χ3v) is 7.34. The van der Waals surface area contributed by atoms with Crippen LogP contribution in [0.4, 0.5) is 0 Å². The number of para-hydroxylation sites is 1. The molecule has 3 aliphatic rings. The third kappa shape index (κ3) is 4.18. The third-order valence-electron chi connectivity index (χ3n) is 7.34. The highest BCUT2D eigenvalue weighted by Crippen LogP contribution is 2.34. The highest BCUT2D eigenvalue weighted by Gasteiger charge is 2.39. The van der Waals surface area contributed by atoms with Gasteiger partial charge in [-0.05, 0) is 56.8 Å². The number of piperidine rings is 2. The molecule has 0 N–H and O–H groups in total. The summed E-state index contributed by atoms with van der Waals surface area (Å²) in [7, 11) is 1.68. The van der Waals surface area contributed by atoms with Crippen molar-refractivity contribution in [2.45, 2.75) is 50.5 Å². The minimum Gasteiger partial charge on any atom is -0.496 e. The molecule has 3 aliphatic heterocycles. The molecule has 3 saturated heterocycles. The monoisotopic (exact) mass is 420 g/mol. The number of rotatable bonds is 4. The fourth-order valence-electron chi connectivity index (χ4n) is 5.63. The Balaban J connectivity index is 1.22. The van der Waals surface area contributed by atoms with Gasteiger partial charge in [0.25, 0.3) is 0 Å². The molecule has 0 radical (unpaired) electrons. The number of fused-ring (bicyclic) bond motifs is 1. The van der Waals surface area contributed by atoms with Gasteiger partial charge in [0.2, 0.25) is 5.91 Å². The Hall–Kier alpha value is -2.47. The molecular formula is C25H32N4O2. The van der Waals surface area contributed by atoms with E-state index in [0.29, 0.717) is 17.9 Å². The molecule has 6 nitrogen and oxygen atoms in total. The molecule has 0 bridgehead atoms. The average Bonchev–Trinajstić information content (AvgIpc) is 3.28. The van der Waals surface area contributed by atoms with Crippen LogP contribution < -0.4 is 4.74 Å². The Bertz CT molecular complexity index is 911. The van der Waals surface area contributed by atoms with Crippen molar-refractivity contribution in [2.75, 3.05) is 33.3 Å². The Kier molecular flexibility index (Phi) is 5.90. The molecule has 0 aliphatic carbocycles. The Morgan fingerprint density at radius 1 is 1.06 bits per heavy atom. The zero-order chi connectivity index (χ0) is 21.2. The maximum atomic E-state index is 13.2. The summed E-state index contributed by atoms with van der Waals surface area (Å²) in [5, 5.41) is 0. The van der Waals surface area contributed by atoms with Gasteiger partial charge in [0, 0.05) is 43.4 Å². The van der Waals surface area contributed by atoms with E-state index in [1.165, 1.54) is 25.8 Å². The van der Waals surface area contributed by atoms with Crippen LogP contribution in [0.25, 0.3) is 11.3 Å². The van der Waals surface area contributed by atoms with Crippen molar-refractivity contribution >= 4 is 5.91 Å². The summed E-state index contributed by atoms with van der Waals surface area (Å²) in [6, 6.07) is 10.5. The molecule has 2 aromatic rings. The van der Waals surface area contributed by atoms with Crippen LogP contribution in [0.5, 0.6) is 5.75 Å². The van der Waals surface area contributed by atoms with Gasteiger partial charge < -0.3 is 9.64 Å². The first-order valence-corrected chi connectivity index (χ1v) is 11.7. The normalized spacial score (nSPS) is 24.7. The van der Waals surface area contributed by atoms with Gasteiger partial charge in [0.1, 0.15) is 11.6 Å². The first-order valence-electron chi connectivity index (χ1n) is 11.7. The molecule has 0 saturated carbocycles. The summed E-state index contributed by atoms with van der Waals surface area (Å²) in [5.41, 5.74) is 1.88. The lowest BCUT2D eigenvalue weighted by molar-refractivity contribution is -0.136. The van der Waals surface area contributed by atoms with Crippen molar-refractivity contribution in [2.24, 2.45) is 5.92 Å². The van der Waals surface area contributed by atoms with Crippen LogP contribution in [0.15, 0.2) is 36.5 Å². The first-order chi connectivity index (χ1) is 15.2. The van der Waals surface area contributed by atoms with E-state index in [0.717, 1.165) is 61.7 Å². The van der Waals surface area contributed by atoms with E-state index >= 15 is 0 Å². The summed E-state index contributed by atoms with van der Waals surface area (Å²) in [6.45, 7) is 3.77. The molecule has 2 atom stereocenters. The number of benzene rings is 1. The molecule has 1 amide bonds. The van der Waals surface area contributed by atoms with Crippen LogP contribution in [0.2, 0.25) is 0 Å². The summed E-state index contributed by atoms with van der Waals surface area (Å²) >= 11 is 0. The predicted octanol–water partition coefficient (Wildman–Crippen LogP) is 3.73. The summed E-state index contributed by atoms with van der Waals surface area (Å²) in [5.74, 6) is 2.57. The van der Waals surface area contributed by atoms with Crippen LogP contribution in [0.1, 0.15) is 50.3 Å². The van der Waals surface area contributed by atoms with E-state index in [4.69, 9.17) is 9.72 Å². The summed E-state index contributed by atoms with van der Waals surface area (Å²) in [4.78, 5) is 27.3. The van der Waals surface area contributed by atoms with Crippen LogP contribution >= 0.6 is 0 Å². The number of likely N-dealkylation sites (tertiary alicyclic amines) is 1. The molecular weight excluding hydrogens is 388 g/mol. The fourth-order valence-corrected chi connectivity index (χ4v) is 5.63. The number of carbonyl (C=O) groups excluding carboxylic acids is 1. The second-order valence-electron chi connectivity index (χ2n) is 9.18. The summed E-state index contributed by atoms with van der Waals surface area (Å²) in [6.07, 6.45) is 8.64. The number of aromatic nitrogens is 2. The highest BCUT2D eigenvalue weighted by molar-refractivity contribution is 5.79. The SMILES string of the molecule is COc1ccccc1-c1ccnc(C2CCN(C(=O)C3CC4CCCCN4C3)CC2)n1. The zero-order valence-electron chi connectivity index (χ0n) is 18.4. The van der Waals surface area contributed by atoms with Gasteiger partial charge in [0.05, 0.1) is 18.7 Å². The number of nitrogens with zero attached hydrogens (tertiary/aromatic N) is 4. The molecule has 31 heavy (non-hydrogen) atoms. The molecule has 2 unspecified atom stereocenters. The average molecular weight is 421 g/mol. The van der Waals surface area contributed by atoms with E-state index in [2.05, 4.69) is 14.8 Å². The number of ether oxygens (including phenoxy) is 1. The van der Waals surface area contributed by atoms with E-state index in [9.17, 15) is 4.79 Å². The lowest BCUT2D eigenvalue weighted by Gasteiger charge is -2.33. The number of hydrogen-bond donors (Lipinski definition) is 0. The largest absolute Gasteiger partial charge is 0.496 e. The number of carbonyl (C=O) groups is 1. The van der Waals surface area contributed by atoms with Gasteiger partial charge in [-0.2, -0.15) is 0 Å². The maximum Gasteiger partial charge on any atom is 0.227 e. The summed E-state index contributed by atoms with van der Waals surface area (Å²) < 4.78 is 5.50. The molecule has 1 aromatic carbocycles. The lowest BCUT2D eigenvalue weighted by atomic mass is 9.93. The Morgan fingerprint density at radius 2 is 1.90 bits per heavy atom. The van der Waals surface area contributed by atoms with Gasteiger partial charge in [-0.25, -0.2) is 9.97 Å². The minimum absolute atomic E-state index is 0.199. The molecule has 3 fully saturated rings.